The van der Waals surface area contributed by atoms with Gasteiger partial charge in [0.05, 0.1) is 31.9 Å². The summed E-state index contributed by atoms with van der Waals surface area (Å²) in [6.45, 7) is 22.9. The molecule has 0 aliphatic heterocycles. The van der Waals surface area contributed by atoms with Crippen LogP contribution < -0.4 is 0 Å². The van der Waals surface area contributed by atoms with Crippen LogP contribution in [0.2, 0.25) is 0 Å². The average Bonchev–Trinajstić information content (AvgIpc) is 3.71. The first-order valence-electron chi connectivity index (χ1n) is 25.2. The molecule has 0 fully saturated rings. The van der Waals surface area contributed by atoms with E-state index < -0.39 is 17.6 Å². The van der Waals surface area contributed by atoms with E-state index in [1.54, 1.807) is 0 Å². The van der Waals surface area contributed by atoms with Crippen molar-refractivity contribution in [3.63, 3.8) is 0 Å². The topological polar surface area (TPSA) is 50.9 Å². The number of phenolic OH excluding ortho intramolecular Hbond substituents is 1. The zero-order chi connectivity index (χ0) is 50.2. The van der Waals surface area contributed by atoms with Crippen molar-refractivity contribution in [1.29, 1.82) is 0 Å². The van der Waals surface area contributed by atoms with E-state index in [-0.39, 0.29) is 96.7 Å². The van der Waals surface area contributed by atoms with E-state index in [4.69, 9.17) is 13.2 Å². The van der Waals surface area contributed by atoms with Crippen LogP contribution in [0, 0.1) is 13.0 Å². The van der Waals surface area contributed by atoms with Gasteiger partial charge in [-0.05, 0) is 99.7 Å². The van der Waals surface area contributed by atoms with Gasteiger partial charge in [-0.1, -0.05) is 171 Å². The van der Waals surface area contributed by atoms with Crippen LogP contribution in [0.1, 0.15) is 125 Å². The molecule has 6 aromatic carbocycles. The monoisotopic (exact) mass is 1020 g/mol. The molecule has 1 N–H and O–H groups in total. The van der Waals surface area contributed by atoms with Crippen LogP contribution >= 0.6 is 0 Å². The van der Waals surface area contributed by atoms with Crippen LogP contribution in [0.4, 0.5) is 0 Å². The number of nitrogens with zero attached hydrogens (tertiary/aromatic N) is 3. The number of aromatic hydroxyl groups is 1. The first kappa shape index (κ1) is 36.9. The van der Waals surface area contributed by atoms with Crippen LogP contribution in [-0.2, 0) is 31.9 Å². The van der Waals surface area contributed by atoms with Crippen LogP contribution in [0.3, 0.4) is 0 Å². The molecule has 63 heavy (non-hydrogen) atoms. The summed E-state index contributed by atoms with van der Waals surface area (Å²) in [5.41, 5.74) is 9.89. The first-order valence-corrected chi connectivity index (χ1v) is 21.7. The Balaban J connectivity index is 0.00000722. The Hall–Kier alpha value is -5.57. The quantitative estimate of drug-likeness (QED) is 0.139. The molecular weight excluding hydrogens is 950 g/mol. The van der Waals surface area contributed by atoms with Crippen molar-refractivity contribution < 1.29 is 35.8 Å². The molecule has 5 heteroatoms. The number of fused-ring (bicyclic) bond motifs is 1. The number of para-hydroxylation sites is 1. The Morgan fingerprint density at radius 2 is 1.43 bits per heavy atom. The summed E-state index contributed by atoms with van der Waals surface area (Å²) in [7, 11) is 0. The molecule has 0 aliphatic rings. The third-order valence-electron chi connectivity index (χ3n) is 12.2. The van der Waals surface area contributed by atoms with Crippen molar-refractivity contribution in [1.82, 2.24) is 14.5 Å². The second-order valence-corrected chi connectivity index (χ2v) is 18.7. The number of rotatable bonds is 10. The summed E-state index contributed by atoms with van der Waals surface area (Å²) in [4.78, 5) is 10.0. The van der Waals surface area contributed by atoms with Gasteiger partial charge in [-0.2, -0.15) is 0 Å². The maximum atomic E-state index is 12.4. The standard InChI is InChI=1S/C58H60N3O.Pt/c1-12-58(10,11)45-25-26-52(49(35-45)40-17-14-13-15-18-40)61-53-20-16-19-47(54(53)60-56(61)50-33-42(36(2)3)32-48(37(4)5)55(50)62)43-29-44(31-46(30-43)57(7,8)9)51-34-41(27-28-59-51)39-23-21-38(6)22-24-39;/h13-28,30-37,62H,12H2,1-11H3;/q-1;/i21D,22D,23D,24D,27D,28D,34D;. The molecule has 0 saturated carbocycles. The minimum Gasteiger partial charge on any atom is -0.507 e. The molecule has 8 rings (SSSR count). The Bertz CT molecular complexity index is 3310. The van der Waals surface area contributed by atoms with Crippen LogP contribution in [0.15, 0.2) is 133 Å². The minimum absolute atomic E-state index is 0. The Kier molecular flexibility index (Phi) is 10.5. The van der Waals surface area contributed by atoms with Gasteiger partial charge in [0.25, 0.3) is 0 Å². The first-order chi connectivity index (χ1) is 32.5. The van der Waals surface area contributed by atoms with Crippen LogP contribution in [0.5, 0.6) is 5.75 Å². The summed E-state index contributed by atoms with van der Waals surface area (Å²) in [5.74, 6) is 0.926. The predicted molar refractivity (Wildman–Crippen MR) is 261 cm³/mol. The molecule has 4 nitrogen and oxygen atoms in total. The van der Waals surface area contributed by atoms with E-state index in [0.717, 1.165) is 51.0 Å². The van der Waals surface area contributed by atoms with Gasteiger partial charge in [-0.3, -0.25) is 9.55 Å². The number of imidazole rings is 1. The molecule has 2 aromatic heterocycles. The molecule has 0 aliphatic carbocycles. The summed E-state index contributed by atoms with van der Waals surface area (Å²) >= 11 is 0. The smallest absolute Gasteiger partial charge is 0.148 e. The molecule has 324 valence electrons. The zero-order valence-electron chi connectivity index (χ0n) is 45.1. The molecular formula is C58H60N3OPt-. The fraction of sp³-hybridized carbons (Fsp3) is 0.276. The van der Waals surface area contributed by atoms with Gasteiger partial charge >= 0.3 is 0 Å². The van der Waals surface area contributed by atoms with Gasteiger partial charge in [-0.25, -0.2) is 4.98 Å². The van der Waals surface area contributed by atoms with E-state index in [2.05, 4.69) is 133 Å². The summed E-state index contributed by atoms with van der Waals surface area (Å²) in [6, 6.07) is 32.6. The van der Waals surface area contributed by atoms with Crippen LogP contribution in [-0.4, -0.2) is 19.6 Å². The van der Waals surface area contributed by atoms with E-state index in [1.807, 2.05) is 42.5 Å². The Labute approximate surface area is 399 Å². The fourth-order valence-corrected chi connectivity index (χ4v) is 7.92. The SMILES string of the molecule is [2H]c1nc(-c2[c-]c(-c3cccc4c3nc(-c3cc(C(C)C)cc(C(C)C)c3O)n4-c3ccc(C(C)(C)CC)cc3-c3ccccc3)cc(C(C)(C)C)c2)c([2H])c(-c2c([2H])c([2H])c(C)c([2H])c2[2H])c1[2H].[Pt]. The van der Waals surface area contributed by atoms with Crippen LogP contribution in [0.25, 0.3) is 72.7 Å². The van der Waals surface area contributed by atoms with E-state index in [0.29, 0.717) is 28.0 Å². The molecule has 0 amide bonds. The predicted octanol–water partition coefficient (Wildman–Crippen LogP) is 15.8. The molecule has 0 bridgehead atoms. The normalized spacial score (nSPS) is 13.6. The fourth-order valence-electron chi connectivity index (χ4n) is 7.92. The Morgan fingerprint density at radius 3 is 2.10 bits per heavy atom. The molecule has 2 heterocycles. The third-order valence-corrected chi connectivity index (χ3v) is 12.2. The summed E-state index contributed by atoms with van der Waals surface area (Å²) < 4.78 is 64.3. The molecule has 0 saturated heterocycles. The van der Waals surface area contributed by atoms with E-state index in [9.17, 15) is 6.48 Å². The number of pyridine rings is 1. The van der Waals surface area contributed by atoms with Crippen molar-refractivity contribution >= 4 is 11.0 Å². The van der Waals surface area contributed by atoms with Crippen molar-refractivity contribution in [3.05, 3.63) is 167 Å². The number of hydrogen-bond donors (Lipinski definition) is 1. The molecule has 0 spiro atoms. The molecule has 0 radical (unpaired) electrons. The van der Waals surface area contributed by atoms with E-state index in [1.165, 1.54) is 12.5 Å². The van der Waals surface area contributed by atoms with Gasteiger partial charge in [0, 0.05) is 38.5 Å². The Morgan fingerprint density at radius 1 is 0.714 bits per heavy atom. The van der Waals surface area contributed by atoms with Crippen molar-refractivity contribution in [2.75, 3.05) is 0 Å². The number of benzene rings is 6. The number of aromatic nitrogens is 3. The van der Waals surface area contributed by atoms with Gasteiger partial charge in [-0.15, -0.1) is 29.3 Å². The number of phenols is 1. The van der Waals surface area contributed by atoms with E-state index >= 15 is 0 Å². The van der Waals surface area contributed by atoms with Gasteiger partial charge in [0.15, 0.2) is 0 Å². The largest absolute Gasteiger partial charge is 0.507 e. The van der Waals surface area contributed by atoms with Gasteiger partial charge < -0.3 is 5.11 Å². The molecule has 8 aromatic rings. The van der Waals surface area contributed by atoms with Crippen molar-refractivity contribution in [2.45, 2.75) is 105 Å². The minimum atomic E-state index is -0.471. The summed E-state index contributed by atoms with van der Waals surface area (Å²) in [5, 5.41) is 12.4. The molecule has 0 atom stereocenters. The van der Waals surface area contributed by atoms with Gasteiger partial charge in [0.2, 0.25) is 0 Å². The molecule has 0 unspecified atom stereocenters. The van der Waals surface area contributed by atoms with Crippen molar-refractivity contribution in [2.24, 2.45) is 0 Å². The van der Waals surface area contributed by atoms with Crippen molar-refractivity contribution in [3.8, 4) is 67.5 Å². The maximum absolute atomic E-state index is 12.4. The summed E-state index contributed by atoms with van der Waals surface area (Å²) in [6.07, 6.45) is 0.473. The number of hydrogen-bond acceptors (Lipinski definition) is 3. The zero-order valence-corrected chi connectivity index (χ0v) is 40.4. The maximum Gasteiger partial charge on any atom is 0.148 e. The third kappa shape index (κ3) is 8.98. The van der Waals surface area contributed by atoms with Gasteiger partial charge in [0.1, 0.15) is 11.6 Å². The second kappa shape index (κ2) is 17.9. The second-order valence-electron chi connectivity index (χ2n) is 18.7. The average molecular weight is 1020 g/mol.